The Hall–Kier alpha value is -2.79. The van der Waals surface area contributed by atoms with Crippen LogP contribution in [0.3, 0.4) is 0 Å². The first-order chi connectivity index (χ1) is 13.1. The van der Waals surface area contributed by atoms with Gasteiger partial charge in [0.2, 0.25) is 0 Å². The number of fused-ring (bicyclic) bond motifs is 1. The molecule has 136 valence electrons. The fourth-order valence-electron chi connectivity index (χ4n) is 3.43. The van der Waals surface area contributed by atoms with Crippen molar-refractivity contribution in [1.29, 1.82) is 0 Å². The second-order valence-corrected chi connectivity index (χ2v) is 7.68. The van der Waals surface area contributed by atoms with Gasteiger partial charge in [-0.2, -0.15) is 0 Å². The van der Waals surface area contributed by atoms with Crippen molar-refractivity contribution in [2.24, 2.45) is 0 Å². The molecule has 1 aliphatic rings. The van der Waals surface area contributed by atoms with E-state index < -0.39 is 11.7 Å². The Kier molecular flexibility index (Phi) is 4.86. The number of anilines is 1. The van der Waals surface area contributed by atoms with Crippen LogP contribution in [0.25, 0.3) is 0 Å². The minimum atomic E-state index is -0.464. The molecule has 0 aliphatic heterocycles. The quantitative estimate of drug-likeness (QED) is 0.630. The number of thiophene rings is 1. The Balaban J connectivity index is 1.73. The van der Waals surface area contributed by atoms with Gasteiger partial charge in [0, 0.05) is 16.0 Å². The van der Waals surface area contributed by atoms with Gasteiger partial charge >= 0.3 is 0 Å². The maximum Gasteiger partial charge on any atom is 0.256 e. The van der Waals surface area contributed by atoms with Crippen LogP contribution in [-0.2, 0) is 12.8 Å². The normalized spacial score (nSPS) is 13.1. The van der Waals surface area contributed by atoms with Crippen LogP contribution in [0, 0.1) is 5.82 Å². The van der Waals surface area contributed by atoms with Gasteiger partial charge in [-0.05, 0) is 49.4 Å². The third kappa shape index (κ3) is 3.55. The molecule has 1 aliphatic carbocycles. The first-order valence-corrected chi connectivity index (χ1v) is 9.76. The van der Waals surface area contributed by atoms with Crippen molar-refractivity contribution >= 4 is 28.0 Å². The second kappa shape index (κ2) is 7.45. The summed E-state index contributed by atoms with van der Waals surface area (Å²) in [7, 11) is 0. The number of aryl methyl sites for hydroxylation is 1. The zero-order valence-corrected chi connectivity index (χ0v) is 15.4. The maximum absolute atomic E-state index is 13.4. The first kappa shape index (κ1) is 17.6. The van der Waals surface area contributed by atoms with E-state index in [1.165, 1.54) is 29.5 Å². The van der Waals surface area contributed by atoms with Crippen molar-refractivity contribution in [1.82, 2.24) is 0 Å². The summed E-state index contributed by atoms with van der Waals surface area (Å²) < 4.78 is 13.4. The van der Waals surface area contributed by atoms with E-state index in [-0.39, 0.29) is 11.3 Å². The van der Waals surface area contributed by atoms with Crippen molar-refractivity contribution in [2.75, 3.05) is 5.32 Å². The van der Waals surface area contributed by atoms with Gasteiger partial charge < -0.3 is 5.32 Å². The number of hydrogen-bond donors (Lipinski definition) is 1. The molecule has 0 unspecified atom stereocenters. The van der Waals surface area contributed by atoms with E-state index in [1.807, 2.05) is 18.2 Å². The lowest BCUT2D eigenvalue weighted by Gasteiger charge is -2.12. The van der Waals surface area contributed by atoms with Crippen LogP contribution in [0.1, 0.15) is 49.6 Å². The van der Waals surface area contributed by atoms with E-state index in [0.29, 0.717) is 16.1 Å². The summed E-state index contributed by atoms with van der Waals surface area (Å²) >= 11 is 1.47. The molecule has 0 saturated heterocycles. The minimum Gasteiger partial charge on any atom is -0.313 e. The van der Waals surface area contributed by atoms with E-state index >= 15 is 0 Å². The van der Waals surface area contributed by atoms with Crippen molar-refractivity contribution in [3.63, 3.8) is 0 Å². The molecule has 1 aromatic heterocycles. The average Bonchev–Trinajstić information content (AvgIpc) is 3.06. The molecule has 5 heteroatoms. The fourth-order valence-corrected chi connectivity index (χ4v) is 4.71. The van der Waals surface area contributed by atoms with Crippen LogP contribution in [0.15, 0.2) is 54.6 Å². The molecule has 27 heavy (non-hydrogen) atoms. The number of ketones is 1. The standard InChI is InChI=1S/C22H18FNO2S/c23-16-10-6-9-15(13-16)21(26)24-22-19(17-11-4-5-12-18(17)27-22)20(25)14-7-2-1-3-8-14/h1-3,6-10,13H,4-5,11-12H2,(H,24,26). The molecule has 0 fully saturated rings. The van der Waals surface area contributed by atoms with Crippen LogP contribution < -0.4 is 5.32 Å². The smallest absolute Gasteiger partial charge is 0.256 e. The topological polar surface area (TPSA) is 46.2 Å². The Morgan fingerprint density at radius 3 is 2.44 bits per heavy atom. The summed E-state index contributed by atoms with van der Waals surface area (Å²) in [5, 5.41) is 3.41. The van der Waals surface area contributed by atoms with Crippen molar-refractivity contribution in [3.05, 3.63) is 87.5 Å². The molecule has 1 amide bonds. The number of hydrogen-bond acceptors (Lipinski definition) is 3. The summed E-state index contributed by atoms with van der Waals surface area (Å²) in [6.45, 7) is 0. The summed E-state index contributed by atoms with van der Waals surface area (Å²) in [5.41, 5.74) is 2.48. The highest BCUT2D eigenvalue weighted by molar-refractivity contribution is 7.17. The molecular formula is C22H18FNO2S. The molecule has 1 N–H and O–H groups in total. The van der Waals surface area contributed by atoms with E-state index in [1.54, 1.807) is 18.2 Å². The van der Waals surface area contributed by atoms with E-state index in [2.05, 4.69) is 5.32 Å². The first-order valence-electron chi connectivity index (χ1n) is 8.94. The molecule has 0 saturated carbocycles. The molecule has 1 heterocycles. The predicted molar refractivity (Wildman–Crippen MR) is 105 cm³/mol. The summed E-state index contributed by atoms with van der Waals surface area (Å²) in [4.78, 5) is 26.9. The lowest BCUT2D eigenvalue weighted by molar-refractivity contribution is 0.102. The van der Waals surface area contributed by atoms with Gasteiger partial charge in [-0.3, -0.25) is 9.59 Å². The molecule has 3 aromatic rings. The fraction of sp³-hybridized carbons (Fsp3) is 0.182. The van der Waals surface area contributed by atoms with Gasteiger partial charge in [-0.25, -0.2) is 4.39 Å². The Bertz CT molecular complexity index is 1010. The Morgan fingerprint density at radius 2 is 1.67 bits per heavy atom. The molecule has 0 bridgehead atoms. The average molecular weight is 379 g/mol. The number of carbonyl (C=O) groups is 2. The van der Waals surface area contributed by atoms with Gasteiger partial charge in [0.05, 0.1) is 5.56 Å². The van der Waals surface area contributed by atoms with Gasteiger partial charge in [-0.1, -0.05) is 36.4 Å². The summed E-state index contributed by atoms with van der Waals surface area (Å²) in [5.74, 6) is -0.950. The number of amides is 1. The van der Waals surface area contributed by atoms with Crippen LogP contribution in [0.5, 0.6) is 0 Å². The monoisotopic (exact) mass is 379 g/mol. The van der Waals surface area contributed by atoms with E-state index in [0.717, 1.165) is 36.1 Å². The highest BCUT2D eigenvalue weighted by Crippen LogP contribution is 2.39. The number of carbonyl (C=O) groups excluding carboxylic acids is 2. The number of nitrogens with one attached hydrogen (secondary N) is 1. The third-order valence-electron chi connectivity index (χ3n) is 4.75. The molecular weight excluding hydrogens is 361 g/mol. The van der Waals surface area contributed by atoms with Crippen LogP contribution >= 0.6 is 11.3 Å². The van der Waals surface area contributed by atoms with Crippen LogP contribution in [0.4, 0.5) is 9.39 Å². The summed E-state index contributed by atoms with van der Waals surface area (Å²) in [6, 6.07) is 14.7. The van der Waals surface area contributed by atoms with E-state index in [4.69, 9.17) is 0 Å². The summed E-state index contributed by atoms with van der Waals surface area (Å²) in [6.07, 6.45) is 3.89. The van der Waals surface area contributed by atoms with Crippen molar-refractivity contribution in [3.8, 4) is 0 Å². The lowest BCUT2D eigenvalue weighted by atomic mass is 9.92. The van der Waals surface area contributed by atoms with Crippen LogP contribution in [0.2, 0.25) is 0 Å². The number of benzene rings is 2. The molecule has 0 spiro atoms. The zero-order valence-electron chi connectivity index (χ0n) is 14.6. The van der Waals surface area contributed by atoms with Gasteiger partial charge in [-0.15, -0.1) is 11.3 Å². The predicted octanol–water partition coefficient (Wildman–Crippen LogP) is 5.25. The molecule has 2 aromatic carbocycles. The van der Waals surface area contributed by atoms with Crippen LogP contribution in [-0.4, -0.2) is 11.7 Å². The Labute approximate surface area is 160 Å². The molecule has 0 radical (unpaired) electrons. The van der Waals surface area contributed by atoms with Gasteiger partial charge in [0.15, 0.2) is 5.78 Å². The SMILES string of the molecule is O=C(Nc1sc2c(c1C(=O)c1ccccc1)CCCC2)c1cccc(F)c1. The maximum atomic E-state index is 13.4. The van der Waals surface area contributed by atoms with Gasteiger partial charge in [0.25, 0.3) is 5.91 Å². The minimum absolute atomic E-state index is 0.0791. The molecule has 3 nitrogen and oxygen atoms in total. The van der Waals surface area contributed by atoms with E-state index in [9.17, 15) is 14.0 Å². The van der Waals surface area contributed by atoms with Gasteiger partial charge in [0.1, 0.15) is 10.8 Å². The second-order valence-electron chi connectivity index (χ2n) is 6.57. The number of rotatable bonds is 4. The highest BCUT2D eigenvalue weighted by atomic mass is 32.1. The molecule has 0 atom stereocenters. The highest BCUT2D eigenvalue weighted by Gasteiger charge is 2.27. The number of halogens is 1. The molecule has 4 rings (SSSR count). The third-order valence-corrected chi connectivity index (χ3v) is 5.96. The lowest BCUT2D eigenvalue weighted by Crippen LogP contribution is -2.15. The zero-order chi connectivity index (χ0) is 18.8. The van der Waals surface area contributed by atoms with Crippen molar-refractivity contribution in [2.45, 2.75) is 25.7 Å². The Morgan fingerprint density at radius 1 is 0.926 bits per heavy atom. The largest absolute Gasteiger partial charge is 0.313 e. The van der Waals surface area contributed by atoms with Crippen molar-refractivity contribution < 1.29 is 14.0 Å².